The van der Waals surface area contributed by atoms with Gasteiger partial charge >= 0.3 is 6.03 Å². The molecule has 6 nitrogen and oxygen atoms in total. The van der Waals surface area contributed by atoms with Gasteiger partial charge in [0.2, 0.25) is 0 Å². The normalized spacial score (nSPS) is 13.4. The van der Waals surface area contributed by atoms with Crippen molar-refractivity contribution < 1.29 is 19.2 Å². The number of methoxy groups -OCH3 is 1. The number of benzene rings is 1. The predicted octanol–water partition coefficient (Wildman–Crippen LogP) is -0.707. The van der Waals surface area contributed by atoms with E-state index in [0.29, 0.717) is 6.54 Å². The summed E-state index contributed by atoms with van der Waals surface area (Å²) in [7, 11) is 3.49. The zero-order chi connectivity index (χ0) is 14.4. The second kappa shape index (κ2) is 6.75. The molecule has 0 saturated carbocycles. The van der Waals surface area contributed by atoms with Crippen LogP contribution in [0.4, 0.5) is 4.79 Å². The van der Waals surface area contributed by atoms with E-state index in [1.807, 2.05) is 31.3 Å². The highest BCUT2D eigenvalue weighted by molar-refractivity contribution is 5.95. The van der Waals surface area contributed by atoms with E-state index in [1.165, 1.54) is 0 Å². The lowest BCUT2D eigenvalue weighted by Gasteiger charge is -2.20. The Morgan fingerprint density at radius 3 is 2.74 bits per heavy atom. The molecule has 104 valence electrons. The van der Waals surface area contributed by atoms with Gasteiger partial charge in [-0.3, -0.25) is 10.1 Å². The number of amides is 3. The number of urea groups is 1. The zero-order valence-corrected chi connectivity index (χ0v) is 11.4. The van der Waals surface area contributed by atoms with Crippen LogP contribution >= 0.6 is 0 Å². The van der Waals surface area contributed by atoms with E-state index in [9.17, 15) is 9.59 Å². The summed E-state index contributed by atoms with van der Waals surface area (Å²) in [5.74, 6) is 0.396. The Balaban J connectivity index is 2.65. The number of carbonyl (C=O) groups excluding carboxylic acids is 2. The van der Waals surface area contributed by atoms with Gasteiger partial charge in [-0.15, -0.1) is 0 Å². The smallest absolute Gasteiger partial charge is 0.319 e. The van der Waals surface area contributed by atoms with Crippen LogP contribution < -0.4 is 20.7 Å². The fraction of sp³-hybridized carbons (Fsp3) is 0.385. The fourth-order valence-electron chi connectivity index (χ4n) is 1.71. The molecule has 0 aliphatic heterocycles. The molecular weight excluding hydrogens is 246 g/mol. The molecule has 6 heteroatoms. The van der Waals surface area contributed by atoms with Gasteiger partial charge in [-0.1, -0.05) is 12.1 Å². The number of rotatable bonds is 5. The fourth-order valence-corrected chi connectivity index (χ4v) is 1.71. The van der Waals surface area contributed by atoms with Crippen LogP contribution in [-0.4, -0.2) is 32.1 Å². The maximum absolute atomic E-state index is 11.7. The molecule has 0 aliphatic rings. The van der Waals surface area contributed by atoms with Crippen LogP contribution in [0.25, 0.3) is 0 Å². The molecule has 0 bridgehead atoms. The van der Waals surface area contributed by atoms with Crippen LogP contribution in [0.3, 0.4) is 0 Å². The molecule has 3 amide bonds. The van der Waals surface area contributed by atoms with E-state index < -0.39 is 6.03 Å². The Labute approximate surface area is 112 Å². The SMILES string of the molecule is COc1cccc(C[NH+](C)[C@@H](C)C(=O)NC(N)=O)c1. The van der Waals surface area contributed by atoms with Gasteiger partial charge in [0.1, 0.15) is 12.3 Å². The van der Waals surface area contributed by atoms with Gasteiger partial charge in [0.15, 0.2) is 6.04 Å². The van der Waals surface area contributed by atoms with Crippen molar-refractivity contribution in [1.82, 2.24) is 5.32 Å². The first kappa shape index (κ1) is 15.0. The quantitative estimate of drug-likeness (QED) is 0.658. The lowest BCUT2D eigenvalue weighted by atomic mass is 10.2. The topological polar surface area (TPSA) is 85.9 Å². The number of hydrogen-bond acceptors (Lipinski definition) is 3. The van der Waals surface area contributed by atoms with Gasteiger partial charge in [-0.05, 0) is 19.1 Å². The number of quaternary nitrogens is 1. The highest BCUT2D eigenvalue weighted by atomic mass is 16.5. The molecule has 0 aliphatic carbocycles. The van der Waals surface area contributed by atoms with Gasteiger partial charge in [0.05, 0.1) is 14.2 Å². The van der Waals surface area contributed by atoms with Crippen molar-refractivity contribution in [3.63, 3.8) is 0 Å². The average molecular weight is 266 g/mol. The monoisotopic (exact) mass is 266 g/mol. The van der Waals surface area contributed by atoms with Gasteiger partial charge in [-0.25, -0.2) is 4.79 Å². The number of imide groups is 1. The van der Waals surface area contributed by atoms with Crippen LogP contribution in [0.2, 0.25) is 0 Å². The molecule has 1 aromatic carbocycles. The van der Waals surface area contributed by atoms with Crippen molar-refractivity contribution in [1.29, 1.82) is 0 Å². The van der Waals surface area contributed by atoms with Crippen molar-refractivity contribution in [3.05, 3.63) is 29.8 Å². The van der Waals surface area contributed by atoms with E-state index in [1.54, 1.807) is 14.0 Å². The zero-order valence-electron chi connectivity index (χ0n) is 11.4. The van der Waals surface area contributed by atoms with Crippen LogP contribution in [0, 0.1) is 0 Å². The maximum Gasteiger partial charge on any atom is 0.319 e. The molecule has 0 fully saturated rings. The number of ether oxygens (including phenoxy) is 1. The third-order valence-electron chi connectivity index (χ3n) is 3.00. The van der Waals surface area contributed by atoms with Crippen molar-refractivity contribution in [2.24, 2.45) is 5.73 Å². The summed E-state index contributed by atoms with van der Waals surface area (Å²) in [4.78, 5) is 23.2. The number of nitrogens with two attached hydrogens (primary N) is 1. The predicted molar refractivity (Wildman–Crippen MR) is 70.8 cm³/mol. The van der Waals surface area contributed by atoms with Crippen molar-refractivity contribution >= 4 is 11.9 Å². The number of nitrogens with one attached hydrogen (secondary N) is 2. The standard InChI is InChI=1S/C13H19N3O3/c1-9(12(17)15-13(14)18)16(2)8-10-5-4-6-11(7-10)19-3/h4-7,9H,8H2,1-3H3,(H3,14,15,17,18)/p+1/t9-/m0/s1. The largest absolute Gasteiger partial charge is 0.497 e. The van der Waals surface area contributed by atoms with Crippen LogP contribution in [0.5, 0.6) is 5.75 Å². The molecule has 1 unspecified atom stereocenters. The van der Waals surface area contributed by atoms with Gasteiger partial charge in [0, 0.05) is 5.56 Å². The molecule has 0 aromatic heterocycles. The molecule has 19 heavy (non-hydrogen) atoms. The lowest BCUT2D eigenvalue weighted by Crippen LogP contribution is -3.12. The van der Waals surface area contributed by atoms with Gasteiger partial charge < -0.3 is 15.4 Å². The molecule has 1 rings (SSSR count). The van der Waals surface area contributed by atoms with Gasteiger partial charge in [-0.2, -0.15) is 0 Å². The van der Waals surface area contributed by atoms with E-state index in [-0.39, 0.29) is 11.9 Å². The Hall–Kier alpha value is -2.08. The molecule has 0 heterocycles. The summed E-state index contributed by atoms with van der Waals surface area (Å²) in [6, 6.07) is 6.44. The minimum atomic E-state index is -0.828. The summed E-state index contributed by atoms with van der Waals surface area (Å²) in [6.07, 6.45) is 0. The van der Waals surface area contributed by atoms with Crippen molar-refractivity contribution in [2.45, 2.75) is 19.5 Å². The van der Waals surface area contributed by atoms with Gasteiger partial charge in [0.25, 0.3) is 5.91 Å². The van der Waals surface area contributed by atoms with Crippen LogP contribution in [0.15, 0.2) is 24.3 Å². The number of carbonyl (C=O) groups is 2. The van der Waals surface area contributed by atoms with Crippen molar-refractivity contribution in [2.75, 3.05) is 14.2 Å². The Kier molecular flexibility index (Phi) is 5.32. The summed E-state index contributed by atoms with van der Waals surface area (Å²) < 4.78 is 5.15. The Bertz CT molecular complexity index is 462. The molecule has 0 spiro atoms. The average Bonchev–Trinajstić information content (AvgIpc) is 2.37. The maximum atomic E-state index is 11.7. The molecule has 2 atom stereocenters. The van der Waals surface area contributed by atoms with E-state index in [4.69, 9.17) is 10.5 Å². The summed E-state index contributed by atoms with van der Waals surface area (Å²) >= 11 is 0. The first-order valence-corrected chi connectivity index (χ1v) is 5.99. The minimum Gasteiger partial charge on any atom is -0.497 e. The summed E-state index contributed by atoms with van der Waals surface area (Å²) in [5, 5.41) is 2.09. The first-order valence-electron chi connectivity index (χ1n) is 5.99. The highest BCUT2D eigenvalue weighted by Gasteiger charge is 2.22. The minimum absolute atomic E-state index is 0.376. The molecule has 0 radical (unpaired) electrons. The van der Waals surface area contributed by atoms with E-state index in [2.05, 4.69) is 5.32 Å². The number of primary amides is 1. The third kappa shape index (κ3) is 4.59. The van der Waals surface area contributed by atoms with E-state index in [0.717, 1.165) is 16.2 Å². The summed E-state index contributed by atoms with van der Waals surface area (Å²) in [6.45, 7) is 2.39. The van der Waals surface area contributed by atoms with E-state index >= 15 is 0 Å². The number of hydrogen-bond donors (Lipinski definition) is 3. The molecular formula is C13H20N3O3+. The molecule has 1 aromatic rings. The first-order chi connectivity index (χ1) is 8.93. The van der Waals surface area contributed by atoms with Crippen molar-refractivity contribution in [3.8, 4) is 5.75 Å². The molecule has 0 saturated heterocycles. The molecule has 4 N–H and O–H groups in total. The lowest BCUT2D eigenvalue weighted by molar-refractivity contribution is -0.908. The third-order valence-corrected chi connectivity index (χ3v) is 3.00. The second-order valence-corrected chi connectivity index (χ2v) is 4.45. The highest BCUT2D eigenvalue weighted by Crippen LogP contribution is 2.11. The van der Waals surface area contributed by atoms with Crippen LogP contribution in [0.1, 0.15) is 12.5 Å². The Morgan fingerprint density at radius 1 is 1.47 bits per heavy atom. The second-order valence-electron chi connectivity index (χ2n) is 4.45. The Morgan fingerprint density at radius 2 is 2.16 bits per heavy atom. The summed E-state index contributed by atoms with van der Waals surface area (Å²) in [5.41, 5.74) is 5.98. The number of likely N-dealkylation sites (N-methyl/N-ethyl adjacent to an activating group) is 1. The van der Waals surface area contributed by atoms with Crippen LogP contribution in [-0.2, 0) is 11.3 Å².